The van der Waals surface area contributed by atoms with E-state index >= 15 is 0 Å². The Labute approximate surface area is 247 Å². The zero-order valence-corrected chi connectivity index (χ0v) is 23.0. The molecule has 1 fully saturated rings. The van der Waals surface area contributed by atoms with Gasteiger partial charge in [0.1, 0.15) is 35.9 Å². The lowest BCUT2D eigenvalue weighted by Crippen LogP contribution is -2.64. The van der Waals surface area contributed by atoms with E-state index in [1.807, 2.05) is 0 Å². The minimum Gasteiger partial charge on any atom is -0.508 e. The lowest BCUT2D eigenvalue weighted by Gasteiger charge is -2.46. The molecule has 6 atom stereocenters. The number of carbonyl (C=O) groups excluding carboxylic acids is 2. The van der Waals surface area contributed by atoms with Crippen molar-refractivity contribution in [3.05, 3.63) is 63.1 Å². The van der Waals surface area contributed by atoms with Crippen molar-refractivity contribution in [1.82, 2.24) is 15.4 Å². The zero-order valence-electron chi connectivity index (χ0n) is 23.0. The van der Waals surface area contributed by atoms with E-state index in [4.69, 9.17) is 4.74 Å². The van der Waals surface area contributed by atoms with Crippen LogP contribution in [0.3, 0.4) is 0 Å². The molecule has 1 aromatic carbocycles. The summed E-state index contributed by atoms with van der Waals surface area (Å²) < 4.78 is 5.96. The first-order valence-corrected chi connectivity index (χ1v) is 14.0. The third kappa shape index (κ3) is 3.85. The minimum atomic E-state index is -1.73. The van der Waals surface area contributed by atoms with Crippen molar-refractivity contribution in [3.8, 4) is 0 Å². The number of carbonyl (C=O) groups is 2. The second-order valence-corrected chi connectivity index (χ2v) is 11.3. The maximum atomic E-state index is 14.1. The fourth-order valence-electron chi connectivity index (χ4n) is 6.75. The predicted octanol–water partition coefficient (Wildman–Crippen LogP) is -3.45. The molecule has 2 aromatic rings. The van der Waals surface area contributed by atoms with Crippen LogP contribution in [0.1, 0.15) is 26.3 Å². The molecule has 15 nitrogen and oxygen atoms in total. The lowest BCUT2D eigenvalue weighted by molar-refractivity contribution is -0.228. The number of H-pyrrole nitrogens is 1. The van der Waals surface area contributed by atoms with E-state index in [1.165, 1.54) is 29.2 Å². The molecule has 5 aliphatic rings. The summed E-state index contributed by atoms with van der Waals surface area (Å²) in [6.07, 6.45) is -0.229. The van der Waals surface area contributed by atoms with Crippen LogP contribution in [0.25, 0.3) is 22.6 Å². The Morgan fingerprint density at radius 3 is 2.41 bits per heavy atom. The SMILES string of the molecule is O=C1c2c(c3c4c([nH]c3c3c2=C2C=CC(O)=CC2N3[C@@H]2O[C@H](CO)[C@@H](O)[C@H](O)[C@@H]2O)=CC(O)=CC4)C(=O)N1NC(CO)CO. The molecular weight excluding hydrogens is 580 g/mol. The highest BCUT2D eigenvalue weighted by atomic mass is 16.6. The number of fused-ring (bicyclic) bond motifs is 9. The molecule has 44 heavy (non-hydrogen) atoms. The van der Waals surface area contributed by atoms with E-state index in [9.17, 15) is 50.4 Å². The van der Waals surface area contributed by atoms with Crippen LogP contribution in [0.5, 0.6) is 0 Å². The first-order valence-electron chi connectivity index (χ1n) is 14.0. The Morgan fingerprint density at radius 1 is 0.977 bits per heavy atom. The van der Waals surface area contributed by atoms with Crippen LogP contribution in [-0.4, -0.2) is 125 Å². The zero-order chi connectivity index (χ0) is 31.2. The molecular formula is C29H30N4O11. The highest BCUT2D eigenvalue weighted by molar-refractivity contribution is 6.29. The molecule has 0 radical (unpaired) electrons. The third-order valence-corrected chi connectivity index (χ3v) is 8.82. The average molecular weight is 611 g/mol. The molecule has 1 unspecified atom stereocenters. The average Bonchev–Trinajstić information content (AvgIpc) is 3.62. The van der Waals surface area contributed by atoms with Gasteiger partial charge in [-0.05, 0) is 35.8 Å². The van der Waals surface area contributed by atoms with Crippen molar-refractivity contribution >= 4 is 40.1 Å². The quantitative estimate of drug-likeness (QED) is 0.143. The van der Waals surface area contributed by atoms with E-state index in [2.05, 4.69) is 10.4 Å². The van der Waals surface area contributed by atoms with Crippen molar-refractivity contribution in [3.63, 3.8) is 0 Å². The molecule has 0 saturated carbocycles. The van der Waals surface area contributed by atoms with Gasteiger partial charge in [0.25, 0.3) is 11.8 Å². The highest BCUT2D eigenvalue weighted by Gasteiger charge is 2.52. The molecule has 232 valence electrons. The van der Waals surface area contributed by atoms with Crippen LogP contribution >= 0.6 is 0 Å². The Kier molecular flexibility index (Phi) is 6.69. The molecule has 7 rings (SSSR count). The number of aliphatic hydroxyl groups is 8. The summed E-state index contributed by atoms with van der Waals surface area (Å²) in [5, 5.41) is 84.2. The van der Waals surface area contributed by atoms with E-state index in [1.54, 1.807) is 6.08 Å². The molecule has 3 aliphatic heterocycles. The van der Waals surface area contributed by atoms with Gasteiger partial charge >= 0.3 is 0 Å². The van der Waals surface area contributed by atoms with E-state index < -0.39 is 74.4 Å². The predicted molar refractivity (Wildman–Crippen MR) is 151 cm³/mol. The Hall–Kier alpha value is -4.06. The summed E-state index contributed by atoms with van der Waals surface area (Å²) in [7, 11) is 0. The van der Waals surface area contributed by atoms with Gasteiger partial charge in [0.2, 0.25) is 0 Å². The number of aromatic nitrogens is 1. The Balaban J connectivity index is 1.55. The molecule has 0 spiro atoms. The summed E-state index contributed by atoms with van der Waals surface area (Å²) in [5.74, 6) is -1.70. The second kappa shape index (κ2) is 10.3. The fraction of sp³-hybridized carbons (Fsp3) is 0.379. The summed E-state index contributed by atoms with van der Waals surface area (Å²) in [5.41, 5.74) is 4.23. The molecule has 0 bridgehead atoms. The maximum absolute atomic E-state index is 14.1. The Morgan fingerprint density at radius 2 is 1.70 bits per heavy atom. The van der Waals surface area contributed by atoms with Crippen molar-refractivity contribution in [1.29, 1.82) is 0 Å². The minimum absolute atomic E-state index is 0.0215. The summed E-state index contributed by atoms with van der Waals surface area (Å²) in [4.78, 5) is 32.8. The van der Waals surface area contributed by atoms with Crippen LogP contribution in [0.2, 0.25) is 0 Å². The van der Waals surface area contributed by atoms with Gasteiger partial charge in [0.15, 0.2) is 6.23 Å². The summed E-state index contributed by atoms with van der Waals surface area (Å²) in [6.45, 7) is -1.84. The maximum Gasteiger partial charge on any atom is 0.276 e. The molecule has 1 saturated heterocycles. The number of hydrogen-bond acceptors (Lipinski definition) is 13. The fourth-order valence-corrected chi connectivity index (χ4v) is 6.75. The molecule has 1 aromatic heterocycles. The van der Waals surface area contributed by atoms with Gasteiger partial charge in [-0.2, -0.15) is 0 Å². The van der Waals surface area contributed by atoms with Gasteiger partial charge in [0.05, 0.1) is 54.2 Å². The number of amides is 2. The molecule has 2 amide bonds. The van der Waals surface area contributed by atoms with Crippen LogP contribution < -0.4 is 20.9 Å². The number of nitrogens with zero attached hydrogens (tertiary/aromatic N) is 2. The van der Waals surface area contributed by atoms with Gasteiger partial charge in [-0.15, -0.1) is 0 Å². The number of nitrogens with one attached hydrogen (secondary N) is 2. The topological polar surface area (TPSA) is 240 Å². The second-order valence-electron chi connectivity index (χ2n) is 11.3. The lowest BCUT2D eigenvalue weighted by atomic mass is 9.93. The number of ether oxygens (including phenoxy) is 1. The number of aromatic amines is 1. The van der Waals surface area contributed by atoms with Crippen LogP contribution in [0, 0.1) is 0 Å². The monoisotopic (exact) mass is 610 g/mol. The number of hydrazine groups is 1. The normalized spacial score (nSPS) is 29.1. The van der Waals surface area contributed by atoms with Crippen molar-refractivity contribution in [2.45, 2.75) is 49.1 Å². The van der Waals surface area contributed by atoms with Crippen LogP contribution in [0.4, 0.5) is 5.69 Å². The van der Waals surface area contributed by atoms with Crippen LogP contribution in [-0.2, 0) is 11.2 Å². The number of rotatable bonds is 6. The van der Waals surface area contributed by atoms with Gasteiger partial charge in [-0.3, -0.25) is 9.59 Å². The number of anilines is 1. The molecule has 10 N–H and O–H groups in total. The van der Waals surface area contributed by atoms with Crippen molar-refractivity contribution in [2.24, 2.45) is 0 Å². The highest BCUT2D eigenvalue weighted by Crippen LogP contribution is 2.43. The first-order chi connectivity index (χ1) is 21.1. The van der Waals surface area contributed by atoms with Crippen LogP contribution in [0.15, 0.2) is 35.8 Å². The number of aliphatic hydroxyl groups excluding tert-OH is 8. The smallest absolute Gasteiger partial charge is 0.276 e. The van der Waals surface area contributed by atoms with Crippen molar-refractivity contribution < 1.29 is 55.2 Å². The number of hydrogen-bond donors (Lipinski definition) is 10. The number of allylic oxidation sites excluding steroid dienone is 3. The molecule has 4 heterocycles. The first kappa shape index (κ1) is 28.7. The largest absolute Gasteiger partial charge is 0.508 e. The molecule has 2 aliphatic carbocycles. The number of imide groups is 1. The summed E-state index contributed by atoms with van der Waals surface area (Å²) >= 11 is 0. The Bertz CT molecular complexity index is 1820. The van der Waals surface area contributed by atoms with Gasteiger partial charge < -0.3 is 55.5 Å². The van der Waals surface area contributed by atoms with Gasteiger partial charge in [0, 0.05) is 22.0 Å². The molecule has 15 heteroatoms. The van der Waals surface area contributed by atoms with Gasteiger partial charge in [-0.1, -0.05) is 6.08 Å². The van der Waals surface area contributed by atoms with E-state index in [0.29, 0.717) is 27.4 Å². The van der Waals surface area contributed by atoms with E-state index in [-0.39, 0.29) is 40.0 Å². The van der Waals surface area contributed by atoms with E-state index in [0.717, 1.165) is 5.01 Å². The standard InChI is InChI=1S/C29H30N4O11/c34-7-10(8-35)31-33-27(42)20-18-13-3-1-11(37)5-15(13)30-22(18)23-19(21(20)28(33)43)14-4-2-12(38)6-16(14)32(23)29-26(41)25(40)24(39)17(9-36)44-29/h1-2,4-6,10,16-17,24-26,29-31,34-41H,3,7-9H2/t16?,17-,24-,25+,26+,29-/m1/s1. The van der Waals surface area contributed by atoms with Crippen molar-refractivity contribution in [2.75, 3.05) is 24.7 Å². The van der Waals surface area contributed by atoms with Gasteiger partial charge in [-0.25, -0.2) is 10.4 Å². The summed E-state index contributed by atoms with van der Waals surface area (Å²) in [6, 6.07) is -1.94. The number of benzene rings is 1. The third-order valence-electron chi connectivity index (χ3n) is 8.82.